The summed E-state index contributed by atoms with van der Waals surface area (Å²) in [6.07, 6.45) is 0.0282. The Kier molecular flexibility index (Phi) is 6.49. The number of aryl methyl sites for hydroxylation is 1. The van der Waals surface area contributed by atoms with Gasteiger partial charge in [-0.1, -0.05) is 35.9 Å². The number of benzene rings is 2. The largest absolute Gasteiger partial charge is 0.445 e. The van der Waals surface area contributed by atoms with Gasteiger partial charge in [0.1, 0.15) is 6.61 Å². The third kappa shape index (κ3) is 4.91. The maximum absolute atomic E-state index is 12.0. The van der Waals surface area contributed by atoms with Crippen LogP contribution in [0.5, 0.6) is 0 Å². The lowest BCUT2D eigenvalue weighted by atomic mass is 10.1. The van der Waals surface area contributed by atoms with Gasteiger partial charge in [-0.15, -0.1) is 0 Å². The molecule has 3 rings (SSSR count). The molecule has 6 heteroatoms. The third-order valence-electron chi connectivity index (χ3n) is 3.80. The number of hydrogen-bond acceptors (Lipinski definition) is 5. The Balaban J connectivity index is 0.000000647. The van der Waals surface area contributed by atoms with Crippen molar-refractivity contribution in [2.45, 2.75) is 13.5 Å². The van der Waals surface area contributed by atoms with Crippen LogP contribution in [-0.2, 0) is 20.9 Å². The van der Waals surface area contributed by atoms with Gasteiger partial charge in [0.05, 0.1) is 0 Å². The Hall–Kier alpha value is -2.69. The SMILES string of the molecule is Cc1ccc2cc(COC(=O)N3CCNCC3)ccc2c1.O=C=O. The van der Waals surface area contributed by atoms with Gasteiger partial charge in [-0.05, 0) is 29.3 Å². The number of carbonyl (C=O) groups is 1. The van der Waals surface area contributed by atoms with Crippen molar-refractivity contribution >= 4 is 23.0 Å². The molecule has 2 aromatic carbocycles. The summed E-state index contributed by atoms with van der Waals surface area (Å²) in [6.45, 7) is 5.52. The molecule has 1 saturated heterocycles. The lowest BCUT2D eigenvalue weighted by Gasteiger charge is -2.26. The van der Waals surface area contributed by atoms with Crippen LogP contribution in [0.25, 0.3) is 10.8 Å². The molecule has 0 spiro atoms. The van der Waals surface area contributed by atoms with E-state index < -0.39 is 0 Å². The smallest absolute Gasteiger partial charge is 0.410 e. The number of hydrogen-bond donors (Lipinski definition) is 1. The zero-order chi connectivity index (χ0) is 17.4. The number of ether oxygens (including phenoxy) is 1. The zero-order valence-corrected chi connectivity index (χ0v) is 13.6. The summed E-state index contributed by atoms with van der Waals surface area (Å²) in [4.78, 5) is 30.0. The number of amides is 1. The van der Waals surface area contributed by atoms with E-state index in [0.717, 1.165) is 31.7 Å². The van der Waals surface area contributed by atoms with E-state index in [1.807, 2.05) is 6.07 Å². The summed E-state index contributed by atoms with van der Waals surface area (Å²) >= 11 is 0. The molecule has 0 unspecified atom stereocenters. The molecule has 6 nitrogen and oxygen atoms in total. The lowest BCUT2D eigenvalue weighted by Crippen LogP contribution is -2.46. The summed E-state index contributed by atoms with van der Waals surface area (Å²) in [5.41, 5.74) is 2.27. The molecule has 24 heavy (non-hydrogen) atoms. The first-order valence-corrected chi connectivity index (χ1v) is 7.75. The highest BCUT2D eigenvalue weighted by atomic mass is 16.6. The van der Waals surface area contributed by atoms with Gasteiger partial charge in [0.2, 0.25) is 0 Å². The number of carbonyl (C=O) groups excluding carboxylic acids is 3. The molecule has 0 aliphatic carbocycles. The van der Waals surface area contributed by atoms with Gasteiger partial charge in [0.25, 0.3) is 0 Å². The highest BCUT2D eigenvalue weighted by molar-refractivity contribution is 5.83. The Morgan fingerprint density at radius 1 is 1.12 bits per heavy atom. The van der Waals surface area contributed by atoms with E-state index in [1.54, 1.807) is 4.90 Å². The maximum atomic E-state index is 12.0. The average Bonchev–Trinajstić information content (AvgIpc) is 2.61. The van der Waals surface area contributed by atoms with E-state index in [4.69, 9.17) is 14.3 Å². The van der Waals surface area contributed by atoms with E-state index in [1.165, 1.54) is 16.3 Å². The van der Waals surface area contributed by atoms with Gasteiger partial charge in [0, 0.05) is 26.2 Å². The molecule has 0 aromatic heterocycles. The fraction of sp³-hybridized carbons (Fsp3) is 0.333. The van der Waals surface area contributed by atoms with Gasteiger partial charge in [-0.3, -0.25) is 0 Å². The van der Waals surface area contributed by atoms with Crippen LogP contribution >= 0.6 is 0 Å². The van der Waals surface area contributed by atoms with E-state index in [0.29, 0.717) is 6.61 Å². The van der Waals surface area contributed by atoms with E-state index in [-0.39, 0.29) is 12.2 Å². The van der Waals surface area contributed by atoms with E-state index in [2.05, 4.69) is 42.6 Å². The summed E-state index contributed by atoms with van der Waals surface area (Å²) in [5.74, 6) is 0. The molecular formula is C18H20N2O4. The Morgan fingerprint density at radius 3 is 2.46 bits per heavy atom. The number of nitrogens with one attached hydrogen (secondary N) is 1. The standard InChI is InChI=1S/C17H20N2O2.CO2/c1-13-2-4-16-11-14(3-5-15(16)10-13)12-21-17(20)19-8-6-18-7-9-19;2-1-3/h2-5,10-11,18H,6-9,12H2,1H3;. The Bertz CT molecular complexity index is 733. The molecule has 0 saturated carbocycles. The summed E-state index contributed by atoms with van der Waals surface area (Å²) in [5, 5.41) is 5.61. The topological polar surface area (TPSA) is 75.7 Å². The maximum Gasteiger partial charge on any atom is 0.410 e. The van der Waals surface area contributed by atoms with Gasteiger partial charge in [-0.2, -0.15) is 9.59 Å². The molecule has 1 fully saturated rings. The van der Waals surface area contributed by atoms with Gasteiger partial charge >= 0.3 is 12.2 Å². The molecule has 1 amide bonds. The molecule has 2 aromatic rings. The Labute approximate surface area is 140 Å². The second-order valence-corrected chi connectivity index (χ2v) is 5.56. The van der Waals surface area contributed by atoms with Crippen molar-refractivity contribution < 1.29 is 19.1 Å². The first kappa shape index (κ1) is 17.7. The van der Waals surface area contributed by atoms with Gasteiger partial charge in [0.15, 0.2) is 0 Å². The van der Waals surface area contributed by atoms with Crippen LogP contribution in [0.3, 0.4) is 0 Å². The van der Waals surface area contributed by atoms with Crippen LogP contribution < -0.4 is 5.32 Å². The van der Waals surface area contributed by atoms with Gasteiger partial charge < -0.3 is 15.0 Å². The average molecular weight is 328 g/mol. The number of nitrogens with zero attached hydrogens (tertiary/aromatic N) is 1. The molecular weight excluding hydrogens is 308 g/mol. The first-order valence-electron chi connectivity index (χ1n) is 7.75. The number of fused-ring (bicyclic) bond motifs is 1. The van der Waals surface area contributed by atoms with Gasteiger partial charge in [-0.25, -0.2) is 4.79 Å². The van der Waals surface area contributed by atoms with Crippen LogP contribution in [0, 0.1) is 6.92 Å². The van der Waals surface area contributed by atoms with Crippen molar-refractivity contribution in [3.8, 4) is 0 Å². The summed E-state index contributed by atoms with van der Waals surface area (Å²) < 4.78 is 5.40. The van der Waals surface area contributed by atoms with Crippen LogP contribution in [0.2, 0.25) is 0 Å². The number of piperazine rings is 1. The van der Waals surface area contributed by atoms with Crippen molar-refractivity contribution in [3.05, 3.63) is 47.5 Å². The molecule has 1 N–H and O–H groups in total. The molecule has 1 heterocycles. The highest BCUT2D eigenvalue weighted by Gasteiger charge is 2.17. The predicted octanol–water partition coefficient (Wildman–Crippen LogP) is 2.11. The predicted molar refractivity (Wildman–Crippen MR) is 88.3 cm³/mol. The van der Waals surface area contributed by atoms with Crippen LogP contribution in [0.4, 0.5) is 4.79 Å². The second kappa shape index (κ2) is 8.82. The fourth-order valence-corrected chi connectivity index (χ4v) is 2.59. The normalized spacial score (nSPS) is 13.6. The lowest BCUT2D eigenvalue weighted by molar-refractivity contribution is -0.191. The van der Waals surface area contributed by atoms with Crippen molar-refractivity contribution in [1.29, 1.82) is 0 Å². The van der Waals surface area contributed by atoms with E-state index in [9.17, 15) is 4.79 Å². The molecule has 0 atom stereocenters. The molecule has 1 aliphatic heterocycles. The monoisotopic (exact) mass is 328 g/mol. The minimum atomic E-state index is -0.222. The first-order chi connectivity index (χ1) is 11.6. The zero-order valence-electron chi connectivity index (χ0n) is 13.6. The third-order valence-corrected chi connectivity index (χ3v) is 3.80. The molecule has 0 radical (unpaired) electrons. The highest BCUT2D eigenvalue weighted by Crippen LogP contribution is 2.18. The second-order valence-electron chi connectivity index (χ2n) is 5.56. The quantitative estimate of drug-likeness (QED) is 0.914. The van der Waals surface area contributed by atoms with Crippen LogP contribution in [0.15, 0.2) is 36.4 Å². The van der Waals surface area contributed by atoms with Crippen molar-refractivity contribution in [2.75, 3.05) is 26.2 Å². The summed E-state index contributed by atoms with van der Waals surface area (Å²) in [7, 11) is 0. The summed E-state index contributed by atoms with van der Waals surface area (Å²) in [6, 6.07) is 12.5. The Morgan fingerprint density at radius 2 is 1.75 bits per heavy atom. The van der Waals surface area contributed by atoms with Crippen molar-refractivity contribution in [2.24, 2.45) is 0 Å². The minimum Gasteiger partial charge on any atom is -0.445 e. The molecule has 126 valence electrons. The van der Waals surface area contributed by atoms with Crippen LogP contribution in [0.1, 0.15) is 11.1 Å². The minimum absolute atomic E-state index is 0.222. The molecule has 0 bridgehead atoms. The van der Waals surface area contributed by atoms with Crippen molar-refractivity contribution in [3.63, 3.8) is 0 Å². The van der Waals surface area contributed by atoms with Crippen LogP contribution in [-0.4, -0.2) is 43.3 Å². The van der Waals surface area contributed by atoms with E-state index >= 15 is 0 Å². The molecule has 1 aliphatic rings. The number of rotatable bonds is 2. The van der Waals surface area contributed by atoms with Crippen molar-refractivity contribution in [1.82, 2.24) is 10.2 Å². The fourth-order valence-electron chi connectivity index (χ4n) is 2.59.